The lowest BCUT2D eigenvalue weighted by atomic mass is 9.98. The van der Waals surface area contributed by atoms with Crippen molar-refractivity contribution in [1.82, 2.24) is 0 Å². The molecule has 1 nitrogen and oxygen atoms in total. The van der Waals surface area contributed by atoms with Crippen molar-refractivity contribution in [2.75, 3.05) is 0 Å². The fraction of sp³-hybridized carbons (Fsp3) is 0.158. The first-order chi connectivity index (χ1) is 10.1. The number of aliphatic hydroxyl groups is 1. The van der Waals surface area contributed by atoms with Gasteiger partial charge < -0.3 is 5.11 Å². The minimum absolute atomic E-state index is 0.538. The Morgan fingerprint density at radius 1 is 0.952 bits per heavy atom. The molecule has 3 aromatic carbocycles. The quantitative estimate of drug-likeness (QED) is 0.715. The molecule has 106 valence electrons. The SMILES string of the molecule is Cc1cc(Cl)cc(C(O)Cc2ccc3ccccc3c2)c1. The molecule has 0 aliphatic heterocycles. The predicted molar refractivity (Wildman–Crippen MR) is 88.8 cm³/mol. The van der Waals surface area contributed by atoms with E-state index in [1.54, 1.807) is 0 Å². The number of aryl methyl sites for hydroxylation is 1. The second-order valence-electron chi connectivity index (χ2n) is 5.46. The highest BCUT2D eigenvalue weighted by Gasteiger charge is 2.10. The number of benzene rings is 3. The summed E-state index contributed by atoms with van der Waals surface area (Å²) in [5.41, 5.74) is 3.06. The average Bonchev–Trinajstić information content (AvgIpc) is 2.46. The average molecular weight is 297 g/mol. The molecular weight excluding hydrogens is 280 g/mol. The molecule has 0 aromatic heterocycles. The largest absolute Gasteiger partial charge is 0.388 e. The first-order valence-electron chi connectivity index (χ1n) is 7.05. The van der Waals surface area contributed by atoms with Crippen LogP contribution >= 0.6 is 11.6 Å². The molecule has 3 aromatic rings. The van der Waals surface area contributed by atoms with E-state index in [0.717, 1.165) is 16.7 Å². The molecule has 0 amide bonds. The molecule has 0 fully saturated rings. The van der Waals surface area contributed by atoms with Gasteiger partial charge in [0.05, 0.1) is 6.10 Å². The molecule has 0 bridgehead atoms. The molecule has 1 atom stereocenters. The van der Waals surface area contributed by atoms with Crippen LogP contribution in [0.5, 0.6) is 0 Å². The molecule has 1 N–H and O–H groups in total. The van der Waals surface area contributed by atoms with Crippen molar-refractivity contribution in [2.45, 2.75) is 19.4 Å². The summed E-state index contributed by atoms with van der Waals surface area (Å²) in [6.45, 7) is 1.98. The normalized spacial score (nSPS) is 12.5. The topological polar surface area (TPSA) is 20.2 Å². The second kappa shape index (κ2) is 5.88. The van der Waals surface area contributed by atoms with Crippen LogP contribution in [0.25, 0.3) is 10.8 Å². The summed E-state index contributed by atoms with van der Waals surface area (Å²) in [5.74, 6) is 0. The van der Waals surface area contributed by atoms with Gasteiger partial charge in [0.25, 0.3) is 0 Å². The zero-order valence-corrected chi connectivity index (χ0v) is 12.6. The Kier molecular flexibility index (Phi) is 3.96. The lowest BCUT2D eigenvalue weighted by Crippen LogP contribution is -2.02. The summed E-state index contributed by atoms with van der Waals surface area (Å²) in [5, 5.41) is 13.5. The molecule has 0 heterocycles. The number of hydrogen-bond acceptors (Lipinski definition) is 1. The van der Waals surface area contributed by atoms with Crippen LogP contribution in [0.2, 0.25) is 5.02 Å². The second-order valence-corrected chi connectivity index (χ2v) is 5.90. The fourth-order valence-electron chi connectivity index (χ4n) is 2.66. The summed E-state index contributed by atoms with van der Waals surface area (Å²) in [6, 6.07) is 20.3. The van der Waals surface area contributed by atoms with E-state index in [0.29, 0.717) is 11.4 Å². The zero-order valence-electron chi connectivity index (χ0n) is 11.9. The maximum absolute atomic E-state index is 10.4. The Morgan fingerprint density at radius 3 is 2.48 bits per heavy atom. The summed E-state index contributed by atoms with van der Waals surface area (Å²) >= 11 is 6.06. The Bertz CT molecular complexity index is 759. The van der Waals surface area contributed by atoms with Gasteiger partial charge in [-0.1, -0.05) is 60.1 Å². The molecule has 3 rings (SSSR count). The van der Waals surface area contributed by atoms with E-state index in [4.69, 9.17) is 11.6 Å². The first kappa shape index (κ1) is 14.1. The van der Waals surface area contributed by atoms with Gasteiger partial charge in [0.2, 0.25) is 0 Å². The third-order valence-electron chi connectivity index (χ3n) is 3.69. The van der Waals surface area contributed by atoms with Gasteiger partial charge in [0.1, 0.15) is 0 Å². The Labute approximate surface area is 129 Å². The Hall–Kier alpha value is -1.83. The molecule has 0 radical (unpaired) electrons. The summed E-state index contributed by atoms with van der Waals surface area (Å²) in [7, 11) is 0. The molecule has 0 aliphatic carbocycles. The third-order valence-corrected chi connectivity index (χ3v) is 3.91. The molecule has 0 spiro atoms. The van der Waals surface area contributed by atoms with Crippen molar-refractivity contribution >= 4 is 22.4 Å². The van der Waals surface area contributed by atoms with Crippen molar-refractivity contribution in [3.8, 4) is 0 Å². The number of halogens is 1. The lowest BCUT2D eigenvalue weighted by Gasteiger charge is -2.13. The van der Waals surface area contributed by atoms with Crippen molar-refractivity contribution in [2.24, 2.45) is 0 Å². The van der Waals surface area contributed by atoms with E-state index in [2.05, 4.69) is 30.3 Å². The van der Waals surface area contributed by atoms with Gasteiger partial charge in [-0.3, -0.25) is 0 Å². The van der Waals surface area contributed by atoms with Crippen molar-refractivity contribution in [1.29, 1.82) is 0 Å². The van der Waals surface area contributed by atoms with Gasteiger partial charge >= 0.3 is 0 Å². The van der Waals surface area contributed by atoms with E-state index in [9.17, 15) is 5.11 Å². The predicted octanol–water partition coefficient (Wildman–Crippen LogP) is 5.08. The number of rotatable bonds is 3. The van der Waals surface area contributed by atoms with Crippen LogP contribution in [-0.4, -0.2) is 5.11 Å². The van der Waals surface area contributed by atoms with Crippen molar-refractivity contribution < 1.29 is 5.11 Å². The third kappa shape index (κ3) is 3.26. The molecule has 0 saturated heterocycles. The van der Waals surface area contributed by atoms with Gasteiger partial charge in [0, 0.05) is 11.4 Å². The van der Waals surface area contributed by atoms with E-state index < -0.39 is 6.10 Å². The van der Waals surface area contributed by atoms with Crippen LogP contribution in [0.15, 0.2) is 60.7 Å². The Morgan fingerprint density at radius 2 is 1.71 bits per heavy atom. The number of hydrogen-bond donors (Lipinski definition) is 1. The molecular formula is C19H17ClO. The number of aliphatic hydroxyl groups excluding tert-OH is 1. The smallest absolute Gasteiger partial charge is 0.0830 e. The summed E-state index contributed by atoms with van der Waals surface area (Å²) in [4.78, 5) is 0. The van der Waals surface area contributed by atoms with Crippen molar-refractivity contribution in [3.63, 3.8) is 0 Å². The highest BCUT2D eigenvalue weighted by molar-refractivity contribution is 6.30. The van der Waals surface area contributed by atoms with Crippen LogP contribution in [0.1, 0.15) is 22.8 Å². The molecule has 0 aliphatic rings. The van der Waals surface area contributed by atoms with Gasteiger partial charge in [0.15, 0.2) is 0 Å². The van der Waals surface area contributed by atoms with Crippen LogP contribution in [-0.2, 0) is 6.42 Å². The fourth-order valence-corrected chi connectivity index (χ4v) is 2.96. The standard InChI is InChI=1S/C19H17ClO/c1-13-8-17(12-18(20)9-13)19(21)11-14-6-7-15-4-2-3-5-16(15)10-14/h2-10,12,19,21H,11H2,1H3. The van der Waals surface area contributed by atoms with E-state index in [1.807, 2.05) is 37.3 Å². The zero-order chi connectivity index (χ0) is 14.8. The summed E-state index contributed by atoms with van der Waals surface area (Å²) < 4.78 is 0. The van der Waals surface area contributed by atoms with Gasteiger partial charge in [-0.2, -0.15) is 0 Å². The van der Waals surface area contributed by atoms with E-state index >= 15 is 0 Å². The molecule has 1 unspecified atom stereocenters. The van der Waals surface area contributed by atoms with Gasteiger partial charge in [-0.05, 0) is 46.5 Å². The van der Waals surface area contributed by atoms with E-state index in [-0.39, 0.29) is 0 Å². The minimum Gasteiger partial charge on any atom is -0.388 e. The maximum Gasteiger partial charge on any atom is 0.0830 e. The lowest BCUT2D eigenvalue weighted by molar-refractivity contribution is 0.178. The van der Waals surface area contributed by atoms with Crippen LogP contribution < -0.4 is 0 Å². The van der Waals surface area contributed by atoms with Gasteiger partial charge in [-0.15, -0.1) is 0 Å². The maximum atomic E-state index is 10.4. The summed E-state index contributed by atoms with van der Waals surface area (Å²) in [6.07, 6.45) is 0.0495. The van der Waals surface area contributed by atoms with Crippen LogP contribution in [0.4, 0.5) is 0 Å². The minimum atomic E-state index is -0.538. The van der Waals surface area contributed by atoms with Gasteiger partial charge in [-0.25, -0.2) is 0 Å². The highest BCUT2D eigenvalue weighted by Crippen LogP contribution is 2.24. The first-order valence-corrected chi connectivity index (χ1v) is 7.42. The molecule has 21 heavy (non-hydrogen) atoms. The van der Waals surface area contributed by atoms with E-state index in [1.165, 1.54) is 10.8 Å². The molecule has 0 saturated carbocycles. The van der Waals surface area contributed by atoms with Crippen molar-refractivity contribution in [3.05, 3.63) is 82.4 Å². The monoisotopic (exact) mass is 296 g/mol. The van der Waals surface area contributed by atoms with Crippen LogP contribution in [0, 0.1) is 6.92 Å². The Balaban J connectivity index is 1.86. The molecule has 2 heteroatoms. The highest BCUT2D eigenvalue weighted by atomic mass is 35.5. The number of fused-ring (bicyclic) bond motifs is 1. The van der Waals surface area contributed by atoms with Crippen LogP contribution in [0.3, 0.4) is 0 Å².